The van der Waals surface area contributed by atoms with Crippen molar-refractivity contribution in [1.29, 1.82) is 0 Å². The third kappa shape index (κ3) is 3.94. The van der Waals surface area contributed by atoms with Crippen molar-refractivity contribution in [2.45, 2.75) is 20.3 Å². The van der Waals surface area contributed by atoms with Crippen LogP contribution in [0.25, 0.3) is 5.69 Å². The number of para-hydroxylation sites is 2. The number of nitrogens with one attached hydrogen (secondary N) is 1. The summed E-state index contributed by atoms with van der Waals surface area (Å²) < 4.78 is 2.15. The van der Waals surface area contributed by atoms with Crippen LogP contribution in [0.3, 0.4) is 0 Å². The Morgan fingerprint density at radius 1 is 0.848 bits per heavy atom. The van der Waals surface area contributed by atoms with E-state index in [4.69, 9.17) is 0 Å². The van der Waals surface area contributed by atoms with Crippen molar-refractivity contribution in [1.82, 2.24) is 4.57 Å². The van der Waals surface area contributed by atoms with E-state index in [1.807, 2.05) is 73.5 Å². The highest BCUT2D eigenvalue weighted by Crippen LogP contribution is 2.30. The smallest absolute Gasteiger partial charge is 0.258 e. The Balaban J connectivity index is 1.37. The Morgan fingerprint density at radius 2 is 1.61 bits per heavy atom. The first-order valence-corrected chi connectivity index (χ1v) is 11.1. The maximum atomic E-state index is 13.5. The van der Waals surface area contributed by atoms with Crippen molar-refractivity contribution in [3.05, 3.63) is 113 Å². The first kappa shape index (κ1) is 20.8. The van der Waals surface area contributed by atoms with Crippen LogP contribution in [0.2, 0.25) is 0 Å². The van der Waals surface area contributed by atoms with Crippen molar-refractivity contribution < 1.29 is 9.59 Å². The molecule has 164 valence electrons. The molecular formula is C28H25N3O2. The molecule has 5 nitrogen and oxygen atoms in total. The van der Waals surface area contributed by atoms with Gasteiger partial charge in [0.1, 0.15) is 0 Å². The highest BCUT2D eigenvalue weighted by molar-refractivity contribution is 6.08. The molecule has 4 aromatic rings. The van der Waals surface area contributed by atoms with Crippen LogP contribution in [-0.4, -0.2) is 22.9 Å². The minimum absolute atomic E-state index is 0.0550. The molecule has 33 heavy (non-hydrogen) atoms. The van der Waals surface area contributed by atoms with Gasteiger partial charge in [-0.25, -0.2) is 0 Å². The number of fused-ring (bicyclic) bond motifs is 3. The quantitative estimate of drug-likeness (QED) is 0.459. The Morgan fingerprint density at radius 3 is 2.39 bits per heavy atom. The van der Waals surface area contributed by atoms with Crippen LogP contribution >= 0.6 is 0 Å². The zero-order valence-electron chi connectivity index (χ0n) is 18.7. The van der Waals surface area contributed by atoms with Crippen molar-refractivity contribution >= 4 is 23.2 Å². The van der Waals surface area contributed by atoms with Crippen molar-refractivity contribution in [3.63, 3.8) is 0 Å². The van der Waals surface area contributed by atoms with Crippen LogP contribution in [0.1, 0.15) is 37.5 Å². The molecule has 0 bridgehead atoms. The molecule has 1 aliphatic heterocycles. The third-order valence-electron chi connectivity index (χ3n) is 6.13. The largest absolute Gasteiger partial charge is 0.322 e. The standard InChI is InChI=1S/C28H25N3O2/c1-19-9-10-20(2)24(18-19)27(32)29-22-13-11-21(12-14-22)28(33)31-17-15-23-6-5-16-30(23)25-7-3-4-8-26(25)31/h3-14,16,18H,15,17H2,1-2H3,(H,29,32). The zero-order chi connectivity index (χ0) is 22.9. The molecule has 0 atom stereocenters. The molecule has 0 saturated heterocycles. The number of rotatable bonds is 3. The average Bonchev–Trinajstić information content (AvgIpc) is 3.24. The lowest BCUT2D eigenvalue weighted by Gasteiger charge is -2.23. The number of hydrogen-bond acceptors (Lipinski definition) is 2. The van der Waals surface area contributed by atoms with Crippen LogP contribution in [0.15, 0.2) is 85.1 Å². The molecule has 1 N–H and O–H groups in total. The van der Waals surface area contributed by atoms with Gasteiger partial charge in [0, 0.05) is 41.7 Å². The van der Waals surface area contributed by atoms with E-state index < -0.39 is 0 Å². The predicted molar refractivity (Wildman–Crippen MR) is 131 cm³/mol. The van der Waals surface area contributed by atoms with Gasteiger partial charge in [-0.2, -0.15) is 0 Å². The number of carbonyl (C=O) groups is 2. The van der Waals surface area contributed by atoms with Gasteiger partial charge in [-0.05, 0) is 74.0 Å². The molecule has 0 radical (unpaired) electrons. The van der Waals surface area contributed by atoms with E-state index in [2.05, 4.69) is 16.0 Å². The molecule has 0 aliphatic carbocycles. The molecule has 2 heterocycles. The Kier molecular flexibility index (Phi) is 5.31. The van der Waals surface area contributed by atoms with Gasteiger partial charge in [-0.3, -0.25) is 9.59 Å². The van der Waals surface area contributed by atoms with Crippen LogP contribution in [0, 0.1) is 13.8 Å². The Labute approximate surface area is 193 Å². The summed E-state index contributed by atoms with van der Waals surface area (Å²) in [6.07, 6.45) is 2.81. The van der Waals surface area contributed by atoms with E-state index in [0.717, 1.165) is 28.9 Å². The van der Waals surface area contributed by atoms with E-state index in [1.165, 1.54) is 5.69 Å². The second-order valence-electron chi connectivity index (χ2n) is 8.41. The molecule has 1 aliphatic rings. The summed E-state index contributed by atoms with van der Waals surface area (Å²) in [5.74, 6) is -0.209. The highest BCUT2D eigenvalue weighted by Gasteiger charge is 2.24. The average molecular weight is 436 g/mol. The van der Waals surface area contributed by atoms with Gasteiger partial charge in [-0.15, -0.1) is 0 Å². The second-order valence-corrected chi connectivity index (χ2v) is 8.41. The lowest BCUT2D eigenvalue weighted by molar-refractivity contribution is 0.0986. The third-order valence-corrected chi connectivity index (χ3v) is 6.13. The van der Waals surface area contributed by atoms with Gasteiger partial charge in [-0.1, -0.05) is 29.8 Å². The van der Waals surface area contributed by atoms with Gasteiger partial charge in [0.15, 0.2) is 0 Å². The predicted octanol–water partition coefficient (Wildman–Crippen LogP) is 5.55. The van der Waals surface area contributed by atoms with Crippen LogP contribution in [0.5, 0.6) is 0 Å². The minimum atomic E-state index is -0.154. The van der Waals surface area contributed by atoms with Gasteiger partial charge in [0.05, 0.1) is 11.4 Å². The maximum Gasteiger partial charge on any atom is 0.258 e. The van der Waals surface area contributed by atoms with E-state index in [-0.39, 0.29) is 11.8 Å². The highest BCUT2D eigenvalue weighted by atomic mass is 16.2. The fourth-order valence-corrected chi connectivity index (χ4v) is 4.34. The van der Waals surface area contributed by atoms with Crippen LogP contribution in [0.4, 0.5) is 11.4 Å². The summed E-state index contributed by atoms with van der Waals surface area (Å²) in [7, 11) is 0. The Bertz CT molecular complexity index is 1350. The van der Waals surface area contributed by atoms with Crippen molar-refractivity contribution in [2.24, 2.45) is 0 Å². The zero-order valence-corrected chi connectivity index (χ0v) is 18.7. The summed E-state index contributed by atoms with van der Waals surface area (Å²) in [5, 5.41) is 2.94. The number of hydrogen-bond donors (Lipinski definition) is 1. The fourth-order valence-electron chi connectivity index (χ4n) is 4.34. The lowest BCUT2D eigenvalue weighted by atomic mass is 10.0. The van der Waals surface area contributed by atoms with Gasteiger partial charge >= 0.3 is 0 Å². The summed E-state index contributed by atoms with van der Waals surface area (Å²) in [6, 6.07) is 25.0. The van der Waals surface area contributed by atoms with E-state index >= 15 is 0 Å². The van der Waals surface area contributed by atoms with Gasteiger partial charge in [0.25, 0.3) is 11.8 Å². The summed E-state index contributed by atoms with van der Waals surface area (Å²) in [6.45, 7) is 4.49. The number of amides is 2. The van der Waals surface area contributed by atoms with E-state index in [1.54, 1.807) is 24.3 Å². The molecule has 0 saturated carbocycles. The number of carbonyl (C=O) groups excluding carboxylic acids is 2. The molecule has 3 aromatic carbocycles. The maximum absolute atomic E-state index is 13.5. The van der Waals surface area contributed by atoms with Crippen LogP contribution < -0.4 is 10.2 Å². The summed E-state index contributed by atoms with van der Waals surface area (Å²) in [5.41, 5.74) is 6.94. The molecule has 5 rings (SSSR count). The summed E-state index contributed by atoms with van der Waals surface area (Å²) in [4.78, 5) is 28.0. The molecule has 0 spiro atoms. The Hall–Kier alpha value is -4.12. The van der Waals surface area contributed by atoms with E-state index in [0.29, 0.717) is 23.4 Å². The number of aromatic nitrogens is 1. The molecule has 0 fully saturated rings. The normalized spacial score (nSPS) is 12.5. The number of aryl methyl sites for hydroxylation is 2. The summed E-state index contributed by atoms with van der Waals surface area (Å²) >= 11 is 0. The first-order chi connectivity index (χ1) is 16.0. The number of anilines is 2. The minimum Gasteiger partial charge on any atom is -0.322 e. The van der Waals surface area contributed by atoms with E-state index in [9.17, 15) is 9.59 Å². The fraction of sp³-hybridized carbons (Fsp3) is 0.143. The monoisotopic (exact) mass is 435 g/mol. The number of benzene rings is 3. The molecular weight excluding hydrogens is 410 g/mol. The van der Waals surface area contributed by atoms with Gasteiger partial charge in [0.2, 0.25) is 0 Å². The van der Waals surface area contributed by atoms with Crippen molar-refractivity contribution in [3.8, 4) is 5.69 Å². The first-order valence-electron chi connectivity index (χ1n) is 11.1. The van der Waals surface area contributed by atoms with Gasteiger partial charge < -0.3 is 14.8 Å². The topological polar surface area (TPSA) is 54.3 Å². The lowest BCUT2D eigenvalue weighted by Crippen LogP contribution is -2.32. The molecule has 0 unspecified atom stereocenters. The van der Waals surface area contributed by atoms with Crippen LogP contribution in [-0.2, 0) is 6.42 Å². The van der Waals surface area contributed by atoms with Crippen molar-refractivity contribution in [2.75, 3.05) is 16.8 Å². The number of nitrogens with zero attached hydrogens (tertiary/aromatic N) is 2. The SMILES string of the molecule is Cc1ccc(C)c(C(=O)Nc2ccc(C(=O)N3CCc4cccn4-c4ccccc43)cc2)c1. The molecule has 1 aromatic heterocycles. The second kappa shape index (κ2) is 8.43. The molecule has 2 amide bonds. The molecule has 5 heteroatoms.